The highest BCUT2D eigenvalue weighted by Crippen LogP contribution is 2.35. The molecule has 78 valence electrons. The molecule has 2 nitrogen and oxygen atoms in total. The molecule has 1 unspecified atom stereocenters. The summed E-state index contributed by atoms with van der Waals surface area (Å²) >= 11 is 0. The van der Waals surface area contributed by atoms with Gasteiger partial charge < -0.3 is 10.5 Å². The molecule has 1 atom stereocenters. The lowest BCUT2D eigenvalue weighted by Gasteiger charge is -2.09. The van der Waals surface area contributed by atoms with Gasteiger partial charge in [-0.25, -0.2) is 0 Å². The van der Waals surface area contributed by atoms with Gasteiger partial charge in [-0.05, 0) is 37.0 Å². The molecule has 2 rings (SSSR count). The summed E-state index contributed by atoms with van der Waals surface area (Å²) in [6.45, 7) is 2.74. The molecule has 0 radical (unpaired) electrons. The van der Waals surface area contributed by atoms with E-state index in [1.807, 2.05) is 19.1 Å². The van der Waals surface area contributed by atoms with E-state index in [9.17, 15) is 0 Å². The lowest BCUT2D eigenvalue weighted by Crippen LogP contribution is -2.05. The lowest BCUT2D eigenvalue weighted by atomic mass is 10.1. The van der Waals surface area contributed by atoms with E-state index in [1.54, 1.807) is 0 Å². The van der Waals surface area contributed by atoms with Crippen LogP contribution in [0.25, 0.3) is 0 Å². The Morgan fingerprint density at radius 2 is 2.29 bits per heavy atom. The smallest absolute Gasteiger partial charge is 0.122 e. The van der Waals surface area contributed by atoms with E-state index < -0.39 is 0 Å². The number of benzene rings is 1. The van der Waals surface area contributed by atoms with Crippen LogP contribution in [-0.4, -0.2) is 6.61 Å². The molecular weight excluding hydrogens is 198 g/mol. The molecule has 1 aliphatic rings. The second-order valence-electron chi connectivity index (χ2n) is 3.40. The van der Waals surface area contributed by atoms with Crippen LogP contribution in [0.3, 0.4) is 0 Å². The predicted molar refractivity (Wildman–Crippen MR) is 60.1 cm³/mol. The first-order valence-corrected chi connectivity index (χ1v) is 4.83. The molecule has 0 saturated heterocycles. The summed E-state index contributed by atoms with van der Waals surface area (Å²) in [6.07, 6.45) is 2.12. The fourth-order valence-electron chi connectivity index (χ4n) is 1.94. The second kappa shape index (κ2) is 4.67. The number of ether oxygens (including phenoxy) is 1. The number of halogens is 1. The van der Waals surface area contributed by atoms with Gasteiger partial charge in [0.1, 0.15) is 5.75 Å². The first-order valence-electron chi connectivity index (χ1n) is 4.83. The molecule has 1 aromatic rings. The monoisotopic (exact) mass is 213 g/mol. The van der Waals surface area contributed by atoms with Crippen molar-refractivity contribution >= 4 is 12.4 Å². The quantitative estimate of drug-likeness (QED) is 0.819. The summed E-state index contributed by atoms with van der Waals surface area (Å²) < 4.78 is 5.54. The maximum atomic E-state index is 5.96. The molecule has 0 spiro atoms. The molecule has 2 N–H and O–H groups in total. The van der Waals surface area contributed by atoms with Crippen LogP contribution in [0.4, 0.5) is 0 Å². The van der Waals surface area contributed by atoms with Crippen molar-refractivity contribution in [3.63, 3.8) is 0 Å². The molecule has 0 bridgehead atoms. The van der Waals surface area contributed by atoms with Crippen LogP contribution in [0.1, 0.15) is 30.5 Å². The Morgan fingerprint density at radius 1 is 1.50 bits per heavy atom. The van der Waals surface area contributed by atoms with Crippen molar-refractivity contribution in [3.05, 3.63) is 29.3 Å². The average molecular weight is 214 g/mol. The van der Waals surface area contributed by atoms with Crippen LogP contribution < -0.4 is 10.5 Å². The zero-order chi connectivity index (χ0) is 9.26. The molecule has 0 saturated carbocycles. The third-order valence-electron chi connectivity index (χ3n) is 2.57. The lowest BCUT2D eigenvalue weighted by molar-refractivity contribution is 0.337. The first-order chi connectivity index (χ1) is 6.33. The summed E-state index contributed by atoms with van der Waals surface area (Å²) in [4.78, 5) is 0. The zero-order valence-corrected chi connectivity index (χ0v) is 9.14. The van der Waals surface area contributed by atoms with E-state index in [0.717, 1.165) is 25.2 Å². The topological polar surface area (TPSA) is 35.2 Å². The Bertz CT molecular complexity index is 314. The van der Waals surface area contributed by atoms with Gasteiger partial charge in [0.05, 0.1) is 6.61 Å². The molecule has 0 amide bonds. The van der Waals surface area contributed by atoms with E-state index in [4.69, 9.17) is 10.5 Å². The number of hydrogen-bond acceptors (Lipinski definition) is 2. The fraction of sp³-hybridized carbons (Fsp3) is 0.455. The van der Waals surface area contributed by atoms with Crippen LogP contribution in [0.15, 0.2) is 18.2 Å². The van der Waals surface area contributed by atoms with Crippen LogP contribution in [-0.2, 0) is 6.42 Å². The summed E-state index contributed by atoms with van der Waals surface area (Å²) in [6, 6.07) is 6.38. The van der Waals surface area contributed by atoms with Gasteiger partial charge in [-0.3, -0.25) is 0 Å². The third-order valence-corrected chi connectivity index (χ3v) is 2.57. The predicted octanol–water partition coefficient (Wildman–Crippen LogP) is 2.45. The minimum absolute atomic E-state index is 0. The number of hydrogen-bond donors (Lipinski definition) is 1. The molecule has 0 aliphatic heterocycles. The van der Waals surface area contributed by atoms with E-state index in [1.165, 1.54) is 11.1 Å². The first kappa shape index (κ1) is 11.3. The van der Waals surface area contributed by atoms with Gasteiger partial charge in [-0.2, -0.15) is 0 Å². The molecular formula is C11H16ClNO. The van der Waals surface area contributed by atoms with Crippen molar-refractivity contribution in [3.8, 4) is 5.75 Å². The number of rotatable bonds is 2. The standard InChI is InChI=1S/C11H15NO.ClH/c1-2-13-11-5-3-4-8-9(11)6-7-10(8)12;/h3-5,10H,2,6-7,12H2,1H3;1H. The summed E-state index contributed by atoms with van der Waals surface area (Å²) in [5, 5.41) is 0. The maximum Gasteiger partial charge on any atom is 0.122 e. The van der Waals surface area contributed by atoms with Crippen molar-refractivity contribution in [2.45, 2.75) is 25.8 Å². The molecule has 14 heavy (non-hydrogen) atoms. The van der Waals surface area contributed by atoms with E-state index in [0.29, 0.717) is 0 Å². The van der Waals surface area contributed by atoms with Crippen LogP contribution in [0.2, 0.25) is 0 Å². The van der Waals surface area contributed by atoms with Crippen molar-refractivity contribution in [2.75, 3.05) is 6.61 Å². The van der Waals surface area contributed by atoms with Crippen LogP contribution >= 0.6 is 12.4 Å². The normalized spacial score (nSPS) is 18.6. The summed E-state index contributed by atoms with van der Waals surface area (Å²) in [5.74, 6) is 1.02. The Kier molecular flexibility index (Phi) is 3.78. The van der Waals surface area contributed by atoms with Gasteiger partial charge in [-0.1, -0.05) is 12.1 Å². The summed E-state index contributed by atoms with van der Waals surface area (Å²) in [5.41, 5.74) is 8.54. The Labute approximate surface area is 90.9 Å². The molecule has 0 fully saturated rings. The minimum Gasteiger partial charge on any atom is -0.494 e. The highest BCUT2D eigenvalue weighted by Gasteiger charge is 2.21. The van der Waals surface area contributed by atoms with Gasteiger partial charge >= 0.3 is 0 Å². The SMILES string of the molecule is CCOc1cccc2c1CCC2N.Cl. The van der Waals surface area contributed by atoms with Crippen LogP contribution in [0.5, 0.6) is 5.75 Å². The Morgan fingerprint density at radius 3 is 3.00 bits per heavy atom. The number of fused-ring (bicyclic) bond motifs is 1. The largest absolute Gasteiger partial charge is 0.494 e. The van der Waals surface area contributed by atoms with Gasteiger partial charge in [0, 0.05) is 6.04 Å². The highest BCUT2D eigenvalue weighted by molar-refractivity contribution is 5.85. The molecule has 0 aromatic heterocycles. The van der Waals surface area contributed by atoms with E-state index in [-0.39, 0.29) is 18.4 Å². The molecule has 1 aliphatic carbocycles. The fourth-order valence-corrected chi connectivity index (χ4v) is 1.94. The van der Waals surface area contributed by atoms with Crippen molar-refractivity contribution in [1.82, 2.24) is 0 Å². The third kappa shape index (κ3) is 1.86. The zero-order valence-electron chi connectivity index (χ0n) is 8.32. The Balaban J connectivity index is 0.000000980. The van der Waals surface area contributed by atoms with Crippen molar-refractivity contribution in [1.29, 1.82) is 0 Å². The minimum atomic E-state index is 0. The van der Waals surface area contributed by atoms with Crippen molar-refractivity contribution in [2.24, 2.45) is 5.73 Å². The van der Waals surface area contributed by atoms with Gasteiger partial charge in [-0.15, -0.1) is 12.4 Å². The van der Waals surface area contributed by atoms with Gasteiger partial charge in [0.2, 0.25) is 0 Å². The number of nitrogens with two attached hydrogens (primary N) is 1. The molecule has 0 heterocycles. The molecule has 1 aromatic carbocycles. The second-order valence-corrected chi connectivity index (χ2v) is 3.40. The van der Waals surface area contributed by atoms with Gasteiger partial charge in [0.25, 0.3) is 0 Å². The van der Waals surface area contributed by atoms with Crippen LogP contribution in [0, 0.1) is 0 Å². The van der Waals surface area contributed by atoms with Crippen molar-refractivity contribution < 1.29 is 4.74 Å². The summed E-state index contributed by atoms with van der Waals surface area (Å²) in [7, 11) is 0. The maximum absolute atomic E-state index is 5.96. The van der Waals surface area contributed by atoms with E-state index >= 15 is 0 Å². The Hall–Kier alpha value is -0.730. The van der Waals surface area contributed by atoms with Gasteiger partial charge in [0.15, 0.2) is 0 Å². The van der Waals surface area contributed by atoms with E-state index in [2.05, 4.69) is 6.07 Å². The molecule has 3 heteroatoms. The highest BCUT2D eigenvalue weighted by atomic mass is 35.5. The average Bonchev–Trinajstić information content (AvgIpc) is 2.50.